The van der Waals surface area contributed by atoms with Gasteiger partial charge in [0.25, 0.3) is 5.91 Å². The Hall–Kier alpha value is -3.41. The van der Waals surface area contributed by atoms with Gasteiger partial charge in [-0.3, -0.25) is 4.79 Å². The Morgan fingerprint density at radius 1 is 1.20 bits per heavy atom. The molecule has 1 amide bonds. The molecule has 0 fully saturated rings. The van der Waals surface area contributed by atoms with E-state index >= 15 is 0 Å². The van der Waals surface area contributed by atoms with Gasteiger partial charge in [0, 0.05) is 29.5 Å². The number of phenols is 1. The van der Waals surface area contributed by atoms with Crippen LogP contribution in [0.25, 0.3) is 5.69 Å². The second kappa shape index (κ2) is 9.68. The van der Waals surface area contributed by atoms with Crippen molar-refractivity contribution < 1.29 is 14.3 Å². The number of benzene rings is 2. The fourth-order valence-corrected chi connectivity index (χ4v) is 5.95. The molecular formula is C29H32FN3O2. The number of amides is 1. The smallest absolute Gasteiger partial charge is 0.251 e. The van der Waals surface area contributed by atoms with Gasteiger partial charge in [-0.05, 0) is 80.1 Å². The monoisotopic (exact) mass is 473 g/mol. The fraction of sp³-hybridized carbons (Fsp3) is 0.379. The number of fused-ring (bicyclic) bond motifs is 1. The number of rotatable bonds is 7. The lowest BCUT2D eigenvalue weighted by Gasteiger charge is -2.29. The van der Waals surface area contributed by atoms with Crippen LogP contribution in [0.4, 0.5) is 4.39 Å². The molecule has 5 rings (SSSR count). The second-order valence-corrected chi connectivity index (χ2v) is 9.87. The first-order valence-electron chi connectivity index (χ1n) is 12.6. The Kier molecular flexibility index (Phi) is 6.46. The lowest BCUT2D eigenvalue weighted by Crippen LogP contribution is -2.36. The van der Waals surface area contributed by atoms with Crippen molar-refractivity contribution in [2.75, 3.05) is 0 Å². The Morgan fingerprint density at radius 3 is 2.66 bits per heavy atom. The second-order valence-electron chi connectivity index (χ2n) is 9.87. The van der Waals surface area contributed by atoms with Crippen LogP contribution in [0.5, 0.6) is 5.75 Å². The zero-order valence-corrected chi connectivity index (χ0v) is 20.3. The van der Waals surface area contributed by atoms with Gasteiger partial charge in [-0.15, -0.1) is 0 Å². The number of hydrogen-bond acceptors (Lipinski definition) is 3. The highest BCUT2D eigenvalue weighted by molar-refractivity contribution is 5.94. The van der Waals surface area contributed by atoms with Crippen LogP contribution < -0.4 is 5.32 Å². The maximum absolute atomic E-state index is 13.4. The Balaban J connectivity index is 1.33. The fourth-order valence-electron chi connectivity index (χ4n) is 5.95. The number of aromatic nitrogens is 2. The van der Waals surface area contributed by atoms with Crippen LogP contribution in [-0.4, -0.2) is 26.8 Å². The van der Waals surface area contributed by atoms with Crippen molar-refractivity contribution in [1.82, 2.24) is 15.1 Å². The predicted octanol–water partition coefficient (Wildman–Crippen LogP) is 6.07. The number of nitrogens with one attached hydrogen (secondary N) is 1. The predicted molar refractivity (Wildman–Crippen MR) is 134 cm³/mol. The quantitative estimate of drug-likeness (QED) is 0.409. The first kappa shape index (κ1) is 23.3. The molecule has 0 aliphatic heterocycles. The Labute approximate surface area is 205 Å². The molecule has 0 radical (unpaired) electrons. The average Bonchev–Trinajstić information content (AvgIpc) is 3.45. The van der Waals surface area contributed by atoms with Gasteiger partial charge in [0.15, 0.2) is 0 Å². The van der Waals surface area contributed by atoms with Crippen molar-refractivity contribution in [3.63, 3.8) is 0 Å². The zero-order chi connectivity index (χ0) is 24.5. The molecule has 0 spiro atoms. The maximum atomic E-state index is 13.4. The minimum atomic E-state index is -0.245. The van der Waals surface area contributed by atoms with Crippen LogP contribution in [0, 0.1) is 11.7 Å². The van der Waals surface area contributed by atoms with Gasteiger partial charge >= 0.3 is 0 Å². The number of nitrogens with zero attached hydrogens (tertiary/aromatic N) is 2. The lowest BCUT2D eigenvalue weighted by atomic mass is 9.78. The third kappa shape index (κ3) is 4.62. The van der Waals surface area contributed by atoms with Crippen molar-refractivity contribution >= 4 is 5.91 Å². The van der Waals surface area contributed by atoms with E-state index in [1.807, 2.05) is 10.9 Å². The van der Waals surface area contributed by atoms with Crippen LogP contribution in [-0.2, 0) is 6.42 Å². The van der Waals surface area contributed by atoms with E-state index in [0.29, 0.717) is 11.5 Å². The number of allylic oxidation sites excluding steroid dienone is 2. The largest absolute Gasteiger partial charge is 0.508 e. The molecule has 0 bridgehead atoms. The zero-order valence-electron chi connectivity index (χ0n) is 20.3. The number of carbonyl (C=O) groups is 1. The molecule has 5 nitrogen and oxygen atoms in total. The molecule has 2 aliphatic carbocycles. The molecule has 3 atom stereocenters. The van der Waals surface area contributed by atoms with Crippen molar-refractivity contribution in [3.8, 4) is 11.4 Å². The molecule has 1 aromatic heterocycles. The van der Waals surface area contributed by atoms with E-state index in [2.05, 4.69) is 24.3 Å². The first-order chi connectivity index (χ1) is 16.9. The lowest BCUT2D eigenvalue weighted by molar-refractivity contribution is 0.0929. The van der Waals surface area contributed by atoms with Crippen LogP contribution >= 0.6 is 0 Å². The summed E-state index contributed by atoms with van der Waals surface area (Å²) in [6.45, 7) is 4.42. The molecule has 6 heteroatoms. The number of carbonyl (C=O) groups excluding carboxylic acids is 1. The third-order valence-electron chi connectivity index (χ3n) is 7.60. The van der Waals surface area contributed by atoms with Gasteiger partial charge in [-0.2, -0.15) is 5.10 Å². The summed E-state index contributed by atoms with van der Waals surface area (Å²) in [5, 5.41) is 17.4. The molecule has 2 aromatic carbocycles. The van der Waals surface area contributed by atoms with Crippen LogP contribution in [0.1, 0.15) is 73.5 Å². The van der Waals surface area contributed by atoms with Crippen LogP contribution in [0.15, 0.2) is 65.9 Å². The first-order valence-corrected chi connectivity index (χ1v) is 12.6. The summed E-state index contributed by atoms with van der Waals surface area (Å²) in [6.07, 6.45) is 7.90. The summed E-state index contributed by atoms with van der Waals surface area (Å²) in [5.41, 5.74) is 6.93. The molecule has 1 heterocycles. The minimum Gasteiger partial charge on any atom is -0.508 e. The Bertz CT molecular complexity index is 1240. The average molecular weight is 474 g/mol. The van der Waals surface area contributed by atoms with E-state index in [0.717, 1.165) is 44.2 Å². The van der Waals surface area contributed by atoms with Gasteiger partial charge in [-0.25, -0.2) is 9.07 Å². The summed E-state index contributed by atoms with van der Waals surface area (Å²) < 4.78 is 15.4. The van der Waals surface area contributed by atoms with Gasteiger partial charge in [-0.1, -0.05) is 31.4 Å². The van der Waals surface area contributed by atoms with Crippen LogP contribution in [0.2, 0.25) is 0 Å². The normalized spacial score (nSPS) is 19.9. The SMILES string of the molecule is CCCC(C[C@H]1CCC2=C1[C@@H](C)c1cnn(-c3ccc(F)cc3)c1C2)NC(=O)c1ccc(O)cc1. The van der Waals surface area contributed by atoms with E-state index in [9.17, 15) is 14.3 Å². The molecule has 0 saturated carbocycles. The summed E-state index contributed by atoms with van der Waals surface area (Å²) in [7, 11) is 0. The number of aromatic hydroxyl groups is 1. The van der Waals surface area contributed by atoms with Gasteiger partial charge in [0.2, 0.25) is 0 Å². The molecule has 0 saturated heterocycles. The van der Waals surface area contributed by atoms with E-state index in [1.165, 1.54) is 34.5 Å². The number of phenolic OH excluding ortho intramolecular Hbond substituents is 1. The molecule has 3 aromatic rings. The van der Waals surface area contributed by atoms with Crippen LogP contribution in [0.3, 0.4) is 0 Å². The van der Waals surface area contributed by atoms with Crippen molar-refractivity contribution in [3.05, 3.63) is 88.5 Å². The molecule has 35 heavy (non-hydrogen) atoms. The van der Waals surface area contributed by atoms with Crippen molar-refractivity contribution in [1.29, 1.82) is 0 Å². The number of hydrogen-bond donors (Lipinski definition) is 2. The third-order valence-corrected chi connectivity index (χ3v) is 7.60. The minimum absolute atomic E-state index is 0.0878. The summed E-state index contributed by atoms with van der Waals surface area (Å²) in [4.78, 5) is 12.8. The molecule has 1 unspecified atom stereocenters. The van der Waals surface area contributed by atoms with Gasteiger partial charge in [0.05, 0.1) is 17.6 Å². The summed E-state index contributed by atoms with van der Waals surface area (Å²) in [6, 6.07) is 13.0. The topological polar surface area (TPSA) is 67.2 Å². The number of halogens is 1. The van der Waals surface area contributed by atoms with Gasteiger partial charge < -0.3 is 10.4 Å². The summed E-state index contributed by atoms with van der Waals surface area (Å²) >= 11 is 0. The molecular weight excluding hydrogens is 441 g/mol. The molecule has 2 aliphatic rings. The van der Waals surface area contributed by atoms with E-state index < -0.39 is 0 Å². The van der Waals surface area contributed by atoms with Gasteiger partial charge in [0.1, 0.15) is 11.6 Å². The highest BCUT2D eigenvalue weighted by Gasteiger charge is 2.37. The van der Waals surface area contributed by atoms with Crippen molar-refractivity contribution in [2.45, 2.75) is 64.3 Å². The van der Waals surface area contributed by atoms with E-state index in [-0.39, 0.29) is 29.4 Å². The Morgan fingerprint density at radius 2 is 1.94 bits per heavy atom. The molecule has 182 valence electrons. The highest BCUT2D eigenvalue weighted by Crippen LogP contribution is 2.48. The van der Waals surface area contributed by atoms with E-state index in [4.69, 9.17) is 0 Å². The molecule has 2 N–H and O–H groups in total. The maximum Gasteiger partial charge on any atom is 0.251 e. The highest BCUT2D eigenvalue weighted by atomic mass is 19.1. The standard InChI is InChI=1S/C29H32FN3O2/c1-3-4-23(32-29(35)19-7-13-25(34)14-8-19)15-20-5-6-21-16-27-26(18(2)28(20)21)17-31-33(27)24-11-9-22(30)10-12-24/h7-14,17-18,20,23,34H,3-6,15-16H2,1-2H3,(H,32,35)/t18-,20+,23?/m0/s1. The summed E-state index contributed by atoms with van der Waals surface area (Å²) in [5.74, 6) is 0.552. The van der Waals surface area contributed by atoms with Crippen molar-refractivity contribution in [2.24, 2.45) is 5.92 Å². The van der Waals surface area contributed by atoms with E-state index in [1.54, 1.807) is 36.4 Å².